The van der Waals surface area contributed by atoms with Gasteiger partial charge in [-0.1, -0.05) is 38.1 Å². The summed E-state index contributed by atoms with van der Waals surface area (Å²) in [6.07, 6.45) is 1.62. The van der Waals surface area contributed by atoms with E-state index >= 15 is 0 Å². The average molecular weight is 379 g/mol. The number of benzene rings is 1. The molecule has 0 radical (unpaired) electrons. The summed E-state index contributed by atoms with van der Waals surface area (Å²) >= 11 is 0. The predicted octanol–water partition coefficient (Wildman–Crippen LogP) is 2.19. The van der Waals surface area contributed by atoms with E-state index in [-0.39, 0.29) is 24.0 Å². The van der Waals surface area contributed by atoms with Crippen molar-refractivity contribution in [2.45, 2.75) is 26.5 Å². The number of nitrogens with one attached hydrogen (secondary N) is 1. The monoisotopic (exact) mass is 379 g/mol. The highest BCUT2D eigenvalue weighted by Crippen LogP contribution is 2.09. The molecule has 0 unspecified atom stereocenters. The molecule has 3 rings (SSSR count). The van der Waals surface area contributed by atoms with Crippen molar-refractivity contribution in [1.29, 1.82) is 0 Å². The Kier molecular flexibility index (Phi) is 5.84. The maximum Gasteiger partial charge on any atom is 0.329 e. The molecule has 1 amide bonds. The molecule has 0 bridgehead atoms. The third-order valence-corrected chi connectivity index (χ3v) is 4.23. The van der Waals surface area contributed by atoms with Gasteiger partial charge in [-0.3, -0.25) is 14.0 Å². The van der Waals surface area contributed by atoms with Gasteiger partial charge in [-0.05, 0) is 30.2 Å². The minimum Gasteiger partial charge on any atom is -0.458 e. The Bertz CT molecular complexity index is 1040. The summed E-state index contributed by atoms with van der Waals surface area (Å²) < 4.78 is 6.73. The third-order valence-electron chi connectivity index (χ3n) is 4.23. The van der Waals surface area contributed by atoms with Gasteiger partial charge in [0.2, 0.25) is 0 Å². The highest BCUT2D eigenvalue weighted by atomic mass is 16.5. The van der Waals surface area contributed by atoms with Gasteiger partial charge < -0.3 is 10.1 Å². The van der Waals surface area contributed by atoms with Crippen molar-refractivity contribution in [3.8, 4) is 0 Å². The first kappa shape index (κ1) is 19.3. The molecule has 0 fully saturated rings. The van der Waals surface area contributed by atoms with E-state index in [0.29, 0.717) is 16.9 Å². The fourth-order valence-electron chi connectivity index (χ4n) is 2.72. The van der Waals surface area contributed by atoms with Crippen molar-refractivity contribution in [1.82, 2.24) is 14.7 Å². The molecular formula is C21H21N3O4. The van der Waals surface area contributed by atoms with Crippen molar-refractivity contribution >= 4 is 17.5 Å². The maximum atomic E-state index is 12.5. The average Bonchev–Trinajstić information content (AvgIpc) is 2.70. The lowest BCUT2D eigenvalue weighted by atomic mass is 10.0. The fourth-order valence-corrected chi connectivity index (χ4v) is 2.72. The van der Waals surface area contributed by atoms with Crippen molar-refractivity contribution in [3.63, 3.8) is 0 Å². The van der Waals surface area contributed by atoms with Gasteiger partial charge in [-0.2, -0.15) is 0 Å². The van der Waals surface area contributed by atoms with Crippen LogP contribution in [0.4, 0.5) is 0 Å². The minimum atomic E-state index is -0.811. The summed E-state index contributed by atoms with van der Waals surface area (Å²) in [7, 11) is 0. The van der Waals surface area contributed by atoms with Crippen molar-refractivity contribution in [2.24, 2.45) is 5.92 Å². The number of carbonyl (C=O) groups is 2. The zero-order valence-corrected chi connectivity index (χ0v) is 15.7. The van der Waals surface area contributed by atoms with Gasteiger partial charge >= 0.3 is 5.97 Å². The first-order chi connectivity index (χ1) is 13.5. The molecule has 0 aliphatic carbocycles. The Morgan fingerprint density at radius 3 is 2.54 bits per heavy atom. The standard InChI is InChI=1S/C21H21N3O4/c1-14(2)19(23-20(26)15-8-4-3-5-9-15)21(27)28-13-16-12-18(25)24-11-7-6-10-17(24)22-16/h3-12,14,19H,13H2,1-2H3,(H,23,26)/t19-/m0/s1. The van der Waals surface area contributed by atoms with Gasteiger partial charge in [0.05, 0.1) is 5.69 Å². The van der Waals surface area contributed by atoms with Crippen LogP contribution in [0.25, 0.3) is 5.65 Å². The molecule has 0 saturated heterocycles. The molecule has 0 spiro atoms. The van der Waals surface area contributed by atoms with Crippen LogP contribution in [0.3, 0.4) is 0 Å². The number of rotatable bonds is 6. The van der Waals surface area contributed by atoms with Gasteiger partial charge in [0.15, 0.2) is 0 Å². The van der Waals surface area contributed by atoms with Crippen molar-refractivity contribution < 1.29 is 14.3 Å². The Balaban J connectivity index is 1.69. The second-order valence-electron chi connectivity index (χ2n) is 6.68. The van der Waals surface area contributed by atoms with Crippen LogP contribution in [-0.2, 0) is 16.1 Å². The van der Waals surface area contributed by atoms with Gasteiger partial charge in [-0.15, -0.1) is 0 Å². The molecule has 0 saturated carbocycles. The Labute approximate surface area is 162 Å². The molecule has 144 valence electrons. The van der Waals surface area contributed by atoms with Crippen LogP contribution in [-0.4, -0.2) is 27.3 Å². The number of hydrogen-bond donors (Lipinski definition) is 1. The number of carbonyl (C=O) groups excluding carboxylic acids is 2. The van der Waals surface area contributed by atoms with Crippen LogP contribution >= 0.6 is 0 Å². The zero-order chi connectivity index (χ0) is 20.1. The van der Waals surface area contributed by atoms with E-state index in [1.165, 1.54) is 10.5 Å². The number of pyridine rings is 1. The summed E-state index contributed by atoms with van der Waals surface area (Å²) in [6.45, 7) is 3.49. The Morgan fingerprint density at radius 2 is 1.82 bits per heavy atom. The Morgan fingerprint density at radius 1 is 1.11 bits per heavy atom. The van der Waals surface area contributed by atoms with E-state index < -0.39 is 12.0 Å². The number of fused-ring (bicyclic) bond motifs is 1. The molecule has 0 aliphatic rings. The lowest BCUT2D eigenvalue weighted by Crippen LogP contribution is -2.45. The summed E-state index contributed by atoms with van der Waals surface area (Å²) in [4.78, 5) is 41.3. The van der Waals surface area contributed by atoms with Gasteiger partial charge in [0.25, 0.3) is 11.5 Å². The lowest BCUT2D eigenvalue weighted by molar-refractivity contribution is -0.148. The third kappa shape index (κ3) is 4.43. The molecule has 0 aliphatic heterocycles. The SMILES string of the molecule is CC(C)[C@H](NC(=O)c1ccccc1)C(=O)OCc1cc(=O)n2ccccc2n1. The number of amides is 1. The molecule has 7 heteroatoms. The number of nitrogens with zero attached hydrogens (tertiary/aromatic N) is 2. The second-order valence-corrected chi connectivity index (χ2v) is 6.68. The molecule has 3 aromatic rings. The zero-order valence-electron chi connectivity index (χ0n) is 15.7. The van der Waals surface area contributed by atoms with E-state index in [4.69, 9.17) is 4.74 Å². The maximum absolute atomic E-state index is 12.5. The lowest BCUT2D eigenvalue weighted by Gasteiger charge is -2.20. The molecule has 1 atom stereocenters. The number of hydrogen-bond acceptors (Lipinski definition) is 5. The van der Waals surface area contributed by atoms with Gasteiger partial charge in [-0.25, -0.2) is 9.78 Å². The highest BCUT2D eigenvalue weighted by Gasteiger charge is 2.26. The topological polar surface area (TPSA) is 89.8 Å². The summed E-state index contributed by atoms with van der Waals surface area (Å²) in [5.41, 5.74) is 1.03. The van der Waals surface area contributed by atoms with Crippen LogP contribution < -0.4 is 10.9 Å². The van der Waals surface area contributed by atoms with Crippen LogP contribution in [0.2, 0.25) is 0 Å². The molecule has 7 nitrogen and oxygen atoms in total. The number of aromatic nitrogens is 2. The molecule has 1 aromatic carbocycles. The Hall–Kier alpha value is -3.48. The first-order valence-corrected chi connectivity index (χ1v) is 8.95. The highest BCUT2D eigenvalue weighted by molar-refractivity contribution is 5.96. The van der Waals surface area contributed by atoms with Crippen molar-refractivity contribution in [2.75, 3.05) is 0 Å². The van der Waals surface area contributed by atoms with Crippen LogP contribution in [0.15, 0.2) is 65.6 Å². The summed E-state index contributed by atoms with van der Waals surface area (Å²) in [5.74, 6) is -1.09. The first-order valence-electron chi connectivity index (χ1n) is 8.95. The van der Waals surface area contributed by atoms with Crippen LogP contribution in [0, 0.1) is 5.92 Å². The minimum absolute atomic E-state index is 0.149. The van der Waals surface area contributed by atoms with Gasteiger partial charge in [0, 0.05) is 17.8 Å². The van der Waals surface area contributed by atoms with E-state index in [1.54, 1.807) is 48.7 Å². The normalized spacial score (nSPS) is 12.0. The fraction of sp³-hybridized carbons (Fsp3) is 0.238. The van der Waals surface area contributed by atoms with Crippen molar-refractivity contribution in [3.05, 3.63) is 82.4 Å². The van der Waals surface area contributed by atoms with Gasteiger partial charge in [0.1, 0.15) is 18.3 Å². The molecule has 2 aromatic heterocycles. The molecule has 28 heavy (non-hydrogen) atoms. The van der Waals surface area contributed by atoms with E-state index in [9.17, 15) is 14.4 Å². The smallest absolute Gasteiger partial charge is 0.329 e. The van der Waals surface area contributed by atoms with Crippen LogP contribution in [0.5, 0.6) is 0 Å². The summed E-state index contributed by atoms with van der Waals surface area (Å²) in [5, 5.41) is 2.71. The largest absolute Gasteiger partial charge is 0.458 e. The molecular weight excluding hydrogens is 358 g/mol. The quantitative estimate of drug-likeness (QED) is 0.663. The molecule has 2 heterocycles. The molecule has 1 N–H and O–H groups in total. The summed E-state index contributed by atoms with van der Waals surface area (Å²) in [6, 6.07) is 14.4. The van der Waals surface area contributed by atoms with E-state index in [1.807, 2.05) is 19.9 Å². The van der Waals surface area contributed by atoms with E-state index in [0.717, 1.165) is 0 Å². The second kappa shape index (κ2) is 8.47. The van der Waals surface area contributed by atoms with Crippen LogP contribution in [0.1, 0.15) is 29.9 Å². The predicted molar refractivity (Wildman–Crippen MR) is 104 cm³/mol. The number of esters is 1. The van der Waals surface area contributed by atoms with E-state index in [2.05, 4.69) is 10.3 Å². The number of ether oxygens (including phenoxy) is 1.